The highest BCUT2D eigenvalue weighted by atomic mass is 32.2. The SMILES string of the molecule is CCN(CC)S(=O)(=O)c1ccc(N2CCOCC2)c(C(=O)NCCNC)c1. The molecule has 0 saturated carbocycles. The lowest BCUT2D eigenvalue weighted by Crippen LogP contribution is -2.38. The highest BCUT2D eigenvalue weighted by Gasteiger charge is 2.26. The number of carbonyl (C=O) groups is 1. The molecule has 27 heavy (non-hydrogen) atoms. The molecule has 1 saturated heterocycles. The van der Waals surface area contributed by atoms with Crippen molar-refractivity contribution in [1.82, 2.24) is 14.9 Å². The minimum absolute atomic E-state index is 0.141. The van der Waals surface area contributed by atoms with Crippen LogP contribution in [0.25, 0.3) is 0 Å². The molecule has 0 atom stereocenters. The maximum atomic E-state index is 12.9. The van der Waals surface area contributed by atoms with Gasteiger partial charge in [-0.3, -0.25) is 4.79 Å². The molecule has 1 amide bonds. The lowest BCUT2D eigenvalue weighted by molar-refractivity contribution is 0.0952. The fourth-order valence-electron chi connectivity index (χ4n) is 3.05. The Morgan fingerprint density at radius 1 is 1.19 bits per heavy atom. The Balaban J connectivity index is 2.42. The smallest absolute Gasteiger partial charge is 0.253 e. The average molecular weight is 399 g/mol. The average Bonchev–Trinajstić information content (AvgIpc) is 2.69. The Labute approximate surface area is 161 Å². The van der Waals surface area contributed by atoms with E-state index in [2.05, 4.69) is 15.5 Å². The summed E-state index contributed by atoms with van der Waals surface area (Å²) in [6.07, 6.45) is 0. The number of sulfonamides is 1. The summed E-state index contributed by atoms with van der Waals surface area (Å²) in [7, 11) is -1.82. The van der Waals surface area contributed by atoms with Gasteiger partial charge in [-0.25, -0.2) is 8.42 Å². The van der Waals surface area contributed by atoms with E-state index >= 15 is 0 Å². The first-order chi connectivity index (χ1) is 13.0. The lowest BCUT2D eigenvalue weighted by atomic mass is 10.1. The van der Waals surface area contributed by atoms with E-state index in [0.29, 0.717) is 58.0 Å². The third-order valence-corrected chi connectivity index (χ3v) is 6.61. The van der Waals surface area contributed by atoms with Crippen molar-refractivity contribution in [3.8, 4) is 0 Å². The second-order valence-corrected chi connectivity index (χ2v) is 8.17. The number of amides is 1. The molecule has 0 unspecified atom stereocenters. The summed E-state index contributed by atoms with van der Waals surface area (Å²) in [4.78, 5) is 15.0. The molecular formula is C18H30N4O4S. The predicted octanol–water partition coefficient (Wildman–Crippen LogP) is 0.503. The number of likely N-dealkylation sites (N-methyl/N-ethyl adjacent to an activating group) is 1. The summed E-state index contributed by atoms with van der Waals surface area (Å²) < 4.78 is 32.5. The van der Waals surface area contributed by atoms with Crippen LogP contribution in [0.1, 0.15) is 24.2 Å². The van der Waals surface area contributed by atoms with Gasteiger partial charge < -0.3 is 20.3 Å². The van der Waals surface area contributed by atoms with E-state index in [9.17, 15) is 13.2 Å². The van der Waals surface area contributed by atoms with Crippen LogP contribution in [0.15, 0.2) is 23.1 Å². The summed E-state index contributed by atoms with van der Waals surface area (Å²) in [5.74, 6) is -0.275. The number of anilines is 1. The molecule has 2 rings (SSSR count). The maximum Gasteiger partial charge on any atom is 0.253 e. The normalized spacial score (nSPS) is 15.2. The molecule has 1 fully saturated rings. The monoisotopic (exact) mass is 398 g/mol. The van der Waals surface area contributed by atoms with Gasteiger partial charge in [0.25, 0.3) is 5.91 Å². The molecule has 0 aliphatic carbocycles. The van der Waals surface area contributed by atoms with Crippen molar-refractivity contribution >= 4 is 21.6 Å². The van der Waals surface area contributed by atoms with Crippen LogP contribution in [0.3, 0.4) is 0 Å². The van der Waals surface area contributed by atoms with E-state index in [0.717, 1.165) is 5.69 Å². The number of carbonyl (C=O) groups excluding carboxylic acids is 1. The minimum atomic E-state index is -3.63. The molecule has 152 valence electrons. The van der Waals surface area contributed by atoms with Gasteiger partial charge in [0.15, 0.2) is 0 Å². The maximum absolute atomic E-state index is 12.9. The third-order valence-electron chi connectivity index (χ3n) is 4.57. The topological polar surface area (TPSA) is 91.0 Å². The number of benzene rings is 1. The first-order valence-corrected chi connectivity index (χ1v) is 10.8. The van der Waals surface area contributed by atoms with E-state index in [1.807, 2.05) is 7.05 Å². The molecule has 1 heterocycles. The zero-order valence-electron chi connectivity index (χ0n) is 16.3. The number of hydrogen-bond acceptors (Lipinski definition) is 6. The molecule has 2 N–H and O–H groups in total. The lowest BCUT2D eigenvalue weighted by Gasteiger charge is -2.30. The van der Waals surface area contributed by atoms with Gasteiger partial charge in [-0.05, 0) is 25.2 Å². The number of ether oxygens (including phenoxy) is 1. The molecule has 0 bridgehead atoms. The van der Waals surface area contributed by atoms with Crippen molar-refractivity contribution < 1.29 is 17.9 Å². The largest absolute Gasteiger partial charge is 0.378 e. The molecule has 0 spiro atoms. The van der Waals surface area contributed by atoms with Crippen LogP contribution in [0, 0.1) is 0 Å². The molecule has 8 nitrogen and oxygen atoms in total. The Morgan fingerprint density at radius 3 is 2.44 bits per heavy atom. The second-order valence-electron chi connectivity index (χ2n) is 6.23. The van der Waals surface area contributed by atoms with Crippen LogP contribution in [0.2, 0.25) is 0 Å². The van der Waals surface area contributed by atoms with Crippen molar-refractivity contribution in [3.05, 3.63) is 23.8 Å². The van der Waals surface area contributed by atoms with Gasteiger partial charge in [-0.1, -0.05) is 13.8 Å². The summed E-state index contributed by atoms with van der Waals surface area (Å²) in [5.41, 5.74) is 1.11. The molecular weight excluding hydrogens is 368 g/mol. The van der Waals surface area contributed by atoms with E-state index < -0.39 is 10.0 Å². The van der Waals surface area contributed by atoms with Gasteiger partial charge in [0.2, 0.25) is 10.0 Å². The molecule has 1 aliphatic rings. The molecule has 0 radical (unpaired) electrons. The predicted molar refractivity (Wildman–Crippen MR) is 106 cm³/mol. The van der Waals surface area contributed by atoms with Crippen LogP contribution in [0.5, 0.6) is 0 Å². The van der Waals surface area contributed by atoms with E-state index in [1.165, 1.54) is 10.4 Å². The first kappa shape index (κ1) is 21.6. The molecule has 0 aromatic heterocycles. The highest BCUT2D eigenvalue weighted by molar-refractivity contribution is 7.89. The van der Waals surface area contributed by atoms with Crippen LogP contribution in [0.4, 0.5) is 5.69 Å². The number of hydrogen-bond donors (Lipinski definition) is 2. The van der Waals surface area contributed by atoms with Gasteiger partial charge in [0, 0.05) is 45.0 Å². The van der Waals surface area contributed by atoms with Crippen molar-refractivity contribution in [2.75, 3.05) is 64.4 Å². The van der Waals surface area contributed by atoms with Crippen molar-refractivity contribution in [2.24, 2.45) is 0 Å². The fourth-order valence-corrected chi connectivity index (χ4v) is 4.53. The van der Waals surface area contributed by atoms with Crippen molar-refractivity contribution in [2.45, 2.75) is 18.7 Å². The van der Waals surface area contributed by atoms with E-state index in [-0.39, 0.29) is 10.8 Å². The Bertz CT molecular complexity index is 729. The zero-order valence-corrected chi connectivity index (χ0v) is 17.1. The molecule has 1 aromatic rings. The summed E-state index contributed by atoms with van der Waals surface area (Å²) >= 11 is 0. The third kappa shape index (κ3) is 5.19. The van der Waals surface area contributed by atoms with E-state index in [4.69, 9.17) is 4.74 Å². The van der Waals surface area contributed by atoms with Gasteiger partial charge >= 0.3 is 0 Å². The minimum Gasteiger partial charge on any atom is -0.378 e. The fraction of sp³-hybridized carbons (Fsp3) is 0.611. The van der Waals surface area contributed by atoms with E-state index in [1.54, 1.807) is 26.0 Å². The Hall–Kier alpha value is -1.68. The summed E-state index contributed by atoms with van der Waals surface area (Å²) in [5, 5.41) is 5.82. The number of nitrogens with zero attached hydrogens (tertiary/aromatic N) is 2. The Kier molecular flexibility index (Phi) is 8.03. The second kappa shape index (κ2) is 10.0. The van der Waals surface area contributed by atoms with Crippen LogP contribution in [-0.2, 0) is 14.8 Å². The van der Waals surface area contributed by atoms with Crippen LogP contribution < -0.4 is 15.5 Å². The zero-order chi connectivity index (χ0) is 19.9. The van der Waals surface area contributed by atoms with Gasteiger partial charge in [0.1, 0.15) is 0 Å². The quantitative estimate of drug-likeness (QED) is 0.589. The van der Waals surface area contributed by atoms with Gasteiger partial charge in [-0.2, -0.15) is 4.31 Å². The molecule has 1 aliphatic heterocycles. The number of nitrogens with one attached hydrogen (secondary N) is 2. The molecule has 1 aromatic carbocycles. The summed E-state index contributed by atoms with van der Waals surface area (Å²) in [6.45, 7) is 7.96. The number of morpholine rings is 1. The first-order valence-electron chi connectivity index (χ1n) is 9.35. The molecule has 9 heteroatoms. The number of rotatable bonds is 9. The standard InChI is InChI=1S/C18H30N4O4S/c1-4-22(5-2)27(24,25)15-6-7-17(21-10-12-26-13-11-21)16(14-15)18(23)20-9-8-19-3/h6-7,14,19H,4-5,8-13H2,1-3H3,(H,20,23). The van der Waals surface area contributed by atoms with Gasteiger partial charge in [-0.15, -0.1) is 0 Å². The Morgan fingerprint density at radius 2 is 1.85 bits per heavy atom. The van der Waals surface area contributed by atoms with Gasteiger partial charge in [0.05, 0.1) is 23.7 Å². The van der Waals surface area contributed by atoms with Crippen LogP contribution in [-0.4, -0.2) is 78.2 Å². The van der Waals surface area contributed by atoms with Crippen molar-refractivity contribution in [3.63, 3.8) is 0 Å². The highest BCUT2D eigenvalue weighted by Crippen LogP contribution is 2.26. The van der Waals surface area contributed by atoms with Crippen molar-refractivity contribution in [1.29, 1.82) is 0 Å². The summed E-state index contributed by atoms with van der Waals surface area (Å²) in [6, 6.07) is 4.81. The van der Waals surface area contributed by atoms with Crippen LogP contribution >= 0.6 is 0 Å².